The summed E-state index contributed by atoms with van der Waals surface area (Å²) >= 11 is 0. The fourth-order valence-electron chi connectivity index (χ4n) is 1.27. The Hall–Kier alpha value is -1.36. The second-order valence-electron chi connectivity index (χ2n) is 2.86. The Morgan fingerprint density at radius 2 is 2.42 bits per heavy atom. The predicted molar refractivity (Wildman–Crippen MR) is 41.2 cm³/mol. The van der Waals surface area contributed by atoms with Crippen LogP contribution in [-0.4, -0.2) is 34.4 Å². The Morgan fingerprint density at radius 3 is 2.92 bits per heavy atom. The number of aromatic nitrogens is 2. The minimum absolute atomic E-state index is 0.290. The van der Waals surface area contributed by atoms with Crippen molar-refractivity contribution in [3.05, 3.63) is 17.5 Å². The zero-order valence-corrected chi connectivity index (χ0v) is 6.37. The van der Waals surface area contributed by atoms with Gasteiger partial charge in [-0.25, -0.2) is 4.79 Å². The molecule has 1 aliphatic rings. The quantitative estimate of drug-likeness (QED) is 0.569. The van der Waals surface area contributed by atoms with E-state index in [1.54, 1.807) is 0 Å². The first-order valence-corrected chi connectivity index (χ1v) is 3.76. The molecule has 64 valence electrons. The van der Waals surface area contributed by atoms with Gasteiger partial charge < -0.3 is 10.4 Å². The lowest BCUT2D eigenvalue weighted by molar-refractivity contribution is 0.0694. The molecule has 0 bridgehead atoms. The highest BCUT2D eigenvalue weighted by molar-refractivity contribution is 5.88. The van der Waals surface area contributed by atoms with Crippen LogP contribution >= 0.6 is 0 Å². The number of rotatable bonds is 2. The molecule has 0 amide bonds. The van der Waals surface area contributed by atoms with Gasteiger partial charge in [-0.3, -0.25) is 5.10 Å². The second-order valence-corrected chi connectivity index (χ2v) is 2.86. The van der Waals surface area contributed by atoms with Crippen molar-refractivity contribution in [3.8, 4) is 0 Å². The van der Waals surface area contributed by atoms with Crippen molar-refractivity contribution in [3.63, 3.8) is 0 Å². The van der Waals surface area contributed by atoms with E-state index in [2.05, 4.69) is 15.5 Å². The third-order valence-corrected chi connectivity index (χ3v) is 2.09. The molecule has 0 saturated carbocycles. The smallest absolute Gasteiger partial charge is 0.339 e. The van der Waals surface area contributed by atoms with Crippen LogP contribution in [0.3, 0.4) is 0 Å². The highest BCUT2D eigenvalue weighted by Crippen LogP contribution is 2.20. The van der Waals surface area contributed by atoms with E-state index in [9.17, 15) is 4.79 Å². The first-order chi connectivity index (χ1) is 5.79. The summed E-state index contributed by atoms with van der Waals surface area (Å²) in [6, 6.07) is 0. The van der Waals surface area contributed by atoms with E-state index in [-0.39, 0.29) is 0 Å². The third-order valence-electron chi connectivity index (χ3n) is 2.09. The van der Waals surface area contributed by atoms with Crippen LogP contribution in [0, 0.1) is 0 Å². The van der Waals surface area contributed by atoms with Crippen LogP contribution in [0.1, 0.15) is 22.0 Å². The van der Waals surface area contributed by atoms with E-state index in [1.807, 2.05) is 0 Å². The van der Waals surface area contributed by atoms with E-state index in [1.165, 1.54) is 6.20 Å². The number of aromatic amines is 1. The summed E-state index contributed by atoms with van der Waals surface area (Å²) in [6.45, 7) is 1.67. The van der Waals surface area contributed by atoms with E-state index < -0.39 is 5.97 Å². The van der Waals surface area contributed by atoms with Gasteiger partial charge in [-0.2, -0.15) is 5.10 Å². The van der Waals surface area contributed by atoms with Gasteiger partial charge in [0, 0.05) is 19.0 Å². The van der Waals surface area contributed by atoms with Crippen LogP contribution in [-0.2, 0) is 0 Å². The molecule has 1 fully saturated rings. The van der Waals surface area contributed by atoms with Crippen molar-refractivity contribution in [1.82, 2.24) is 15.5 Å². The lowest BCUT2D eigenvalue weighted by Gasteiger charge is -2.26. The SMILES string of the molecule is O=C(O)c1cn[nH]c1C1CNC1. The molecule has 0 spiro atoms. The van der Waals surface area contributed by atoms with Gasteiger partial charge in [-0.15, -0.1) is 0 Å². The molecule has 2 heterocycles. The summed E-state index contributed by atoms with van der Waals surface area (Å²) in [5.41, 5.74) is 1.03. The molecule has 5 nitrogen and oxygen atoms in total. The molecule has 1 aromatic rings. The molecule has 0 radical (unpaired) electrons. The number of nitrogens with one attached hydrogen (secondary N) is 2. The number of carbonyl (C=O) groups is 1. The zero-order chi connectivity index (χ0) is 8.55. The number of hydrogen-bond donors (Lipinski definition) is 3. The van der Waals surface area contributed by atoms with Gasteiger partial charge in [0.15, 0.2) is 0 Å². The van der Waals surface area contributed by atoms with Crippen molar-refractivity contribution in [2.45, 2.75) is 5.92 Å². The van der Waals surface area contributed by atoms with E-state index >= 15 is 0 Å². The average Bonchev–Trinajstić information content (AvgIpc) is 2.31. The summed E-state index contributed by atoms with van der Waals surface area (Å²) < 4.78 is 0. The highest BCUT2D eigenvalue weighted by atomic mass is 16.4. The third kappa shape index (κ3) is 0.984. The molecular weight excluding hydrogens is 158 g/mol. The Balaban J connectivity index is 2.29. The van der Waals surface area contributed by atoms with Crippen molar-refractivity contribution in [2.24, 2.45) is 0 Å². The molecule has 1 saturated heterocycles. The molecular formula is C7H9N3O2. The average molecular weight is 167 g/mol. The van der Waals surface area contributed by atoms with Crippen LogP contribution in [0.5, 0.6) is 0 Å². The summed E-state index contributed by atoms with van der Waals surface area (Å²) in [7, 11) is 0. The summed E-state index contributed by atoms with van der Waals surface area (Å²) in [4.78, 5) is 10.6. The van der Waals surface area contributed by atoms with Gasteiger partial charge in [0.25, 0.3) is 0 Å². The largest absolute Gasteiger partial charge is 0.478 e. The van der Waals surface area contributed by atoms with Crippen LogP contribution in [0.4, 0.5) is 0 Å². The van der Waals surface area contributed by atoms with Gasteiger partial charge in [0.05, 0.1) is 11.9 Å². The summed E-state index contributed by atoms with van der Waals surface area (Å²) in [5, 5.41) is 18.2. The van der Waals surface area contributed by atoms with Crippen LogP contribution in [0.15, 0.2) is 6.20 Å². The molecule has 3 N–H and O–H groups in total. The zero-order valence-electron chi connectivity index (χ0n) is 6.37. The lowest BCUT2D eigenvalue weighted by atomic mass is 9.96. The van der Waals surface area contributed by atoms with Crippen molar-refractivity contribution in [2.75, 3.05) is 13.1 Å². The minimum Gasteiger partial charge on any atom is -0.478 e. The van der Waals surface area contributed by atoms with E-state index in [4.69, 9.17) is 5.11 Å². The maximum Gasteiger partial charge on any atom is 0.339 e. The Kier molecular flexibility index (Phi) is 1.58. The molecule has 0 unspecified atom stereocenters. The fraction of sp³-hybridized carbons (Fsp3) is 0.429. The van der Waals surface area contributed by atoms with Crippen molar-refractivity contribution < 1.29 is 9.90 Å². The van der Waals surface area contributed by atoms with Crippen molar-refractivity contribution >= 4 is 5.97 Å². The lowest BCUT2D eigenvalue weighted by Crippen LogP contribution is -2.40. The normalized spacial score (nSPS) is 17.3. The standard InChI is InChI=1S/C7H9N3O2/c11-7(12)5-3-9-10-6(5)4-1-8-2-4/h3-4,8H,1-2H2,(H,9,10)(H,11,12). The number of carboxylic acid groups (broad SMARTS) is 1. The van der Waals surface area contributed by atoms with Gasteiger partial charge in [-0.05, 0) is 0 Å². The van der Waals surface area contributed by atoms with Gasteiger partial charge in [-0.1, -0.05) is 0 Å². The molecule has 0 aliphatic carbocycles. The molecule has 1 aliphatic heterocycles. The molecule has 0 atom stereocenters. The number of nitrogens with zero attached hydrogens (tertiary/aromatic N) is 1. The Bertz CT molecular complexity index is 303. The van der Waals surface area contributed by atoms with E-state index in [0.717, 1.165) is 18.8 Å². The topological polar surface area (TPSA) is 78.0 Å². The maximum atomic E-state index is 10.6. The van der Waals surface area contributed by atoms with Crippen LogP contribution in [0.2, 0.25) is 0 Å². The van der Waals surface area contributed by atoms with Gasteiger partial charge in [0.2, 0.25) is 0 Å². The summed E-state index contributed by atoms with van der Waals surface area (Å²) in [5.74, 6) is -0.621. The van der Waals surface area contributed by atoms with Gasteiger partial charge in [0.1, 0.15) is 5.56 Å². The number of hydrogen-bond acceptors (Lipinski definition) is 3. The monoisotopic (exact) mass is 167 g/mol. The maximum absolute atomic E-state index is 10.6. The van der Waals surface area contributed by atoms with E-state index in [0.29, 0.717) is 11.5 Å². The molecule has 0 aromatic carbocycles. The number of H-pyrrole nitrogens is 1. The Morgan fingerprint density at radius 1 is 1.67 bits per heavy atom. The first kappa shape index (κ1) is 7.30. The van der Waals surface area contributed by atoms with Crippen LogP contribution in [0.25, 0.3) is 0 Å². The van der Waals surface area contributed by atoms with Crippen LogP contribution < -0.4 is 5.32 Å². The number of carboxylic acids is 1. The predicted octanol–water partition coefficient (Wildman–Crippen LogP) is -0.205. The first-order valence-electron chi connectivity index (χ1n) is 3.76. The van der Waals surface area contributed by atoms with Gasteiger partial charge >= 0.3 is 5.97 Å². The molecule has 2 rings (SSSR count). The fourth-order valence-corrected chi connectivity index (χ4v) is 1.27. The Labute approximate surface area is 68.8 Å². The minimum atomic E-state index is -0.911. The highest BCUT2D eigenvalue weighted by Gasteiger charge is 2.25. The molecule has 5 heteroatoms. The molecule has 1 aromatic heterocycles. The molecule has 12 heavy (non-hydrogen) atoms. The second kappa shape index (κ2) is 2.60. The number of aromatic carboxylic acids is 1. The van der Waals surface area contributed by atoms with Crippen molar-refractivity contribution in [1.29, 1.82) is 0 Å². The summed E-state index contributed by atoms with van der Waals surface area (Å²) in [6.07, 6.45) is 1.36.